The third kappa shape index (κ3) is 2.17. The predicted molar refractivity (Wildman–Crippen MR) is 65.9 cm³/mol. The first-order chi connectivity index (χ1) is 7.58. The Morgan fingerprint density at radius 2 is 2.06 bits per heavy atom. The molecule has 0 bridgehead atoms. The van der Waals surface area contributed by atoms with Gasteiger partial charge < -0.3 is 5.11 Å². The van der Waals surface area contributed by atoms with Crippen molar-refractivity contribution < 1.29 is 9.90 Å². The molecule has 2 rings (SSSR count). The Morgan fingerprint density at radius 1 is 1.31 bits per heavy atom. The lowest BCUT2D eigenvalue weighted by molar-refractivity contribution is 0.0690. The molecule has 0 fully saturated rings. The van der Waals surface area contributed by atoms with Gasteiger partial charge in [0.2, 0.25) is 0 Å². The largest absolute Gasteiger partial charge is 0.476 e. The summed E-state index contributed by atoms with van der Waals surface area (Å²) in [5, 5.41) is 12.7. The summed E-state index contributed by atoms with van der Waals surface area (Å²) in [6, 6.07) is 7.05. The molecule has 0 radical (unpaired) electrons. The SMILES string of the molecule is O=C(O)c1ccn(-c2cc(Br)ccc2Br)n1. The molecule has 0 amide bonds. The van der Waals surface area contributed by atoms with Crippen molar-refractivity contribution in [3.63, 3.8) is 0 Å². The molecule has 2 aromatic rings. The van der Waals surface area contributed by atoms with Gasteiger partial charge in [0.15, 0.2) is 5.69 Å². The number of carboxylic acid groups (broad SMARTS) is 1. The average molecular weight is 346 g/mol. The minimum absolute atomic E-state index is 0.0203. The van der Waals surface area contributed by atoms with Gasteiger partial charge >= 0.3 is 5.97 Å². The van der Waals surface area contributed by atoms with Crippen molar-refractivity contribution in [1.82, 2.24) is 9.78 Å². The van der Waals surface area contributed by atoms with Gasteiger partial charge in [-0.2, -0.15) is 5.10 Å². The Hall–Kier alpha value is -1.14. The number of hydrogen-bond donors (Lipinski definition) is 1. The summed E-state index contributed by atoms with van der Waals surface area (Å²) in [7, 11) is 0. The molecule has 82 valence electrons. The average Bonchev–Trinajstić information content (AvgIpc) is 2.70. The number of carboxylic acids is 1. The fraction of sp³-hybridized carbons (Fsp3) is 0. The fourth-order valence-corrected chi connectivity index (χ4v) is 2.01. The summed E-state index contributed by atoms with van der Waals surface area (Å²) < 4.78 is 3.26. The van der Waals surface area contributed by atoms with Crippen LogP contribution in [0, 0.1) is 0 Å². The van der Waals surface area contributed by atoms with E-state index in [1.807, 2.05) is 18.2 Å². The molecule has 0 unspecified atom stereocenters. The number of aromatic carboxylic acids is 1. The fourth-order valence-electron chi connectivity index (χ4n) is 1.23. The lowest BCUT2D eigenvalue weighted by Gasteiger charge is -2.04. The van der Waals surface area contributed by atoms with Gasteiger partial charge in [0.05, 0.1) is 5.69 Å². The van der Waals surface area contributed by atoms with Crippen LogP contribution in [0.25, 0.3) is 5.69 Å². The van der Waals surface area contributed by atoms with Crippen LogP contribution in [0.1, 0.15) is 10.5 Å². The van der Waals surface area contributed by atoms with Crippen molar-refractivity contribution in [3.05, 3.63) is 45.1 Å². The Bertz CT molecular complexity index is 552. The van der Waals surface area contributed by atoms with Crippen LogP contribution >= 0.6 is 31.9 Å². The van der Waals surface area contributed by atoms with Crippen molar-refractivity contribution in [3.8, 4) is 5.69 Å². The standard InChI is InChI=1S/C10H6Br2N2O2/c11-6-1-2-7(12)9(5-6)14-4-3-8(13-14)10(15)16/h1-5H,(H,15,16). The third-order valence-electron chi connectivity index (χ3n) is 1.96. The van der Waals surface area contributed by atoms with Gasteiger partial charge in [0.25, 0.3) is 0 Å². The van der Waals surface area contributed by atoms with E-state index in [4.69, 9.17) is 5.11 Å². The molecule has 0 saturated carbocycles. The predicted octanol–water partition coefficient (Wildman–Crippen LogP) is 3.10. The first-order valence-corrected chi connectivity index (χ1v) is 5.91. The molecule has 0 aliphatic heterocycles. The molecule has 0 saturated heterocycles. The highest BCUT2D eigenvalue weighted by Gasteiger charge is 2.09. The molecular weight excluding hydrogens is 340 g/mol. The second-order valence-corrected chi connectivity index (χ2v) is 4.82. The molecule has 6 heteroatoms. The highest BCUT2D eigenvalue weighted by atomic mass is 79.9. The number of rotatable bonds is 2. The Balaban J connectivity index is 2.50. The molecule has 0 aliphatic rings. The molecule has 0 atom stereocenters. The van der Waals surface area contributed by atoms with Crippen molar-refractivity contribution in [2.75, 3.05) is 0 Å². The van der Waals surface area contributed by atoms with Crippen LogP contribution in [0.4, 0.5) is 0 Å². The van der Waals surface area contributed by atoms with Crippen LogP contribution in [0.3, 0.4) is 0 Å². The van der Waals surface area contributed by atoms with Crippen molar-refractivity contribution in [1.29, 1.82) is 0 Å². The molecule has 16 heavy (non-hydrogen) atoms. The number of aromatic nitrogens is 2. The monoisotopic (exact) mass is 344 g/mol. The van der Waals surface area contributed by atoms with Crippen molar-refractivity contribution >= 4 is 37.8 Å². The summed E-state index contributed by atoms with van der Waals surface area (Å²) in [6.45, 7) is 0. The van der Waals surface area contributed by atoms with Crippen LogP contribution in [0.5, 0.6) is 0 Å². The first-order valence-electron chi connectivity index (χ1n) is 4.32. The summed E-state index contributed by atoms with van der Waals surface area (Å²) in [5.41, 5.74) is 0.800. The summed E-state index contributed by atoms with van der Waals surface area (Å²) in [4.78, 5) is 10.7. The van der Waals surface area contributed by atoms with Crippen LogP contribution < -0.4 is 0 Å². The highest BCUT2D eigenvalue weighted by molar-refractivity contribution is 9.11. The molecule has 0 aliphatic carbocycles. The summed E-state index contributed by atoms with van der Waals surface area (Å²) >= 11 is 6.74. The zero-order chi connectivity index (χ0) is 11.7. The number of hydrogen-bond acceptors (Lipinski definition) is 2. The molecule has 0 spiro atoms. The van der Waals surface area contributed by atoms with E-state index < -0.39 is 5.97 Å². The molecule has 1 aromatic carbocycles. The van der Waals surface area contributed by atoms with Gasteiger partial charge in [-0.15, -0.1) is 0 Å². The molecular formula is C10H6Br2N2O2. The second-order valence-electron chi connectivity index (χ2n) is 3.05. The quantitative estimate of drug-likeness (QED) is 0.909. The molecule has 1 N–H and O–H groups in total. The maximum absolute atomic E-state index is 10.7. The van der Waals surface area contributed by atoms with Crippen LogP contribution in [-0.2, 0) is 0 Å². The van der Waals surface area contributed by atoms with Crippen LogP contribution in [0.15, 0.2) is 39.4 Å². The number of carbonyl (C=O) groups is 1. The molecule has 1 aromatic heterocycles. The van der Waals surface area contributed by atoms with Gasteiger partial charge in [-0.25, -0.2) is 9.48 Å². The minimum Gasteiger partial charge on any atom is -0.476 e. The van der Waals surface area contributed by atoms with E-state index in [0.29, 0.717) is 0 Å². The smallest absolute Gasteiger partial charge is 0.356 e. The number of benzene rings is 1. The maximum Gasteiger partial charge on any atom is 0.356 e. The Morgan fingerprint density at radius 3 is 2.69 bits per heavy atom. The zero-order valence-corrected chi connectivity index (χ0v) is 11.1. The van der Waals surface area contributed by atoms with Crippen LogP contribution in [0.2, 0.25) is 0 Å². The third-order valence-corrected chi connectivity index (χ3v) is 3.13. The van der Waals surface area contributed by atoms with E-state index in [-0.39, 0.29) is 5.69 Å². The van der Waals surface area contributed by atoms with E-state index in [0.717, 1.165) is 14.6 Å². The highest BCUT2D eigenvalue weighted by Crippen LogP contribution is 2.24. The second kappa shape index (κ2) is 4.39. The Labute approximate surface area is 108 Å². The minimum atomic E-state index is -1.04. The van der Waals surface area contributed by atoms with Gasteiger partial charge in [-0.3, -0.25) is 0 Å². The summed E-state index contributed by atoms with van der Waals surface area (Å²) in [6.07, 6.45) is 1.61. The topological polar surface area (TPSA) is 55.1 Å². The Kier molecular flexibility index (Phi) is 3.11. The lowest BCUT2D eigenvalue weighted by Crippen LogP contribution is -2.01. The maximum atomic E-state index is 10.7. The number of nitrogens with zero attached hydrogens (tertiary/aromatic N) is 2. The number of halogens is 2. The van der Waals surface area contributed by atoms with Gasteiger partial charge in [0, 0.05) is 15.1 Å². The van der Waals surface area contributed by atoms with E-state index in [1.165, 1.54) is 10.7 Å². The zero-order valence-electron chi connectivity index (χ0n) is 7.89. The normalized spacial score (nSPS) is 10.4. The van der Waals surface area contributed by atoms with E-state index in [1.54, 1.807) is 6.20 Å². The first kappa shape index (κ1) is 11.3. The van der Waals surface area contributed by atoms with E-state index in [2.05, 4.69) is 37.0 Å². The van der Waals surface area contributed by atoms with Crippen LogP contribution in [-0.4, -0.2) is 20.9 Å². The molecule has 4 nitrogen and oxygen atoms in total. The summed E-state index contributed by atoms with van der Waals surface area (Å²) in [5.74, 6) is -1.04. The van der Waals surface area contributed by atoms with Gasteiger partial charge in [-0.05, 0) is 40.2 Å². The van der Waals surface area contributed by atoms with E-state index >= 15 is 0 Å². The van der Waals surface area contributed by atoms with Gasteiger partial charge in [-0.1, -0.05) is 15.9 Å². The van der Waals surface area contributed by atoms with E-state index in [9.17, 15) is 4.79 Å². The van der Waals surface area contributed by atoms with Crippen molar-refractivity contribution in [2.45, 2.75) is 0 Å². The van der Waals surface area contributed by atoms with Crippen molar-refractivity contribution in [2.24, 2.45) is 0 Å². The molecule has 1 heterocycles. The van der Waals surface area contributed by atoms with Gasteiger partial charge in [0.1, 0.15) is 0 Å². The lowest BCUT2D eigenvalue weighted by atomic mass is 10.3.